The van der Waals surface area contributed by atoms with Gasteiger partial charge in [-0.3, -0.25) is 9.59 Å². The molecule has 0 fully saturated rings. The minimum absolute atomic E-state index is 0.0864. The standard InChI is InChI=1S/C19H18N4O4/c1-2-27-13-9-7-12(8-10-13)20-19(25)17(23-26)11-16-18(24)22-15-6-4-3-5-14(15)21-16/h3-10,26H,2,11H2,1H3,(H,20,25)(H,22,24)/b23-17+. The van der Waals surface area contributed by atoms with E-state index in [4.69, 9.17) is 4.74 Å². The van der Waals surface area contributed by atoms with Crippen LogP contribution in [0.3, 0.4) is 0 Å². The van der Waals surface area contributed by atoms with E-state index in [1.165, 1.54) is 0 Å². The predicted octanol–water partition coefficient (Wildman–Crippen LogP) is 2.33. The first-order chi connectivity index (χ1) is 13.1. The second kappa shape index (κ2) is 8.13. The Bertz CT molecular complexity index is 1040. The largest absolute Gasteiger partial charge is 0.494 e. The van der Waals surface area contributed by atoms with Gasteiger partial charge in [0.15, 0.2) is 5.71 Å². The van der Waals surface area contributed by atoms with Gasteiger partial charge in [0.1, 0.15) is 11.4 Å². The summed E-state index contributed by atoms with van der Waals surface area (Å²) in [7, 11) is 0. The highest BCUT2D eigenvalue weighted by atomic mass is 16.5. The SMILES string of the molecule is CCOc1ccc(NC(=O)/C(Cc2nc3ccccc3[nH]c2=O)=N/O)cc1. The molecule has 0 saturated heterocycles. The van der Waals surface area contributed by atoms with Gasteiger partial charge in [0.25, 0.3) is 11.5 Å². The van der Waals surface area contributed by atoms with Gasteiger partial charge in [0.05, 0.1) is 17.6 Å². The molecule has 3 rings (SSSR count). The summed E-state index contributed by atoms with van der Waals surface area (Å²) < 4.78 is 5.34. The molecule has 8 nitrogen and oxygen atoms in total. The Balaban J connectivity index is 1.76. The number of H-pyrrole nitrogens is 1. The molecule has 1 aromatic heterocycles. The molecule has 8 heteroatoms. The van der Waals surface area contributed by atoms with Crippen molar-refractivity contribution in [3.63, 3.8) is 0 Å². The molecule has 2 aromatic carbocycles. The highest BCUT2D eigenvalue weighted by Gasteiger charge is 2.17. The maximum absolute atomic E-state index is 12.4. The van der Waals surface area contributed by atoms with Crippen LogP contribution < -0.4 is 15.6 Å². The molecule has 0 atom stereocenters. The van der Waals surface area contributed by atoms with E-state index in [-0.39, 0.29) is 17.8 Å². The van der Waals surface area contributed by atoms with E-state index in [0.717, 1.165) is 0 Å². The van der Waals surface area contributed by atoms with Gasteiger partial charge in [0, 0.05) is 12.1 Å². The molecule has 3 aromatic rings. The first-order valence-electron chi connectivity index (χ1n) is 8.33. The number of nitrogens with one attached hydrogen (secondary N) is 2. The number of fused-ring (bicyclic) bond motifs is 1. The number of anilines is 1. The maximum Gasteiger partial charge on any atom is 0.273 e. The van der Waals surface area contributed by atoms with Crippen molar-refractivity contribution in [2.75, 3.05) is 11.9 Å². The second-order valence-electron chi connectivity index (χ2n) is 5.66. The van der Waals surface area contributed by atoms with Crippen molar-refractivity contribution in [1.29, 1.82) is 0 Å². The van der Waals surface area contributed by atoms with Crippen molar-refractivity contribution in [3.8, 4) is 5.75 Å². The van der Waals surface area contributed by atoms with Crippen LogP contribution in [-0.4, -0.2) is 33.4 Å². The number of aromatic nitrogens is 2. The zero-order valence-corrected chi connectivity index (χ0v) is 14.6. The lowest BCUT2D eigenvalue weighted by Gasteiger charge is -2.08. The van der Waals surface area contributed by atoms with E-state index in [0.29, 0.717) is 29.1 Å². The lowest BCUT2D eigenvalue weighted by atomic mass is 10.2. The summed E-state index contributed by atoms with van der Waals surface area (Å²) in [6.45, 7) is 2.42. The Morgan fingerprint density at radius 3 is 2.67 bits per heavy atom. The van der Waals surface area contributed by atoms with Crippen molar-refractivity contribution in [2.45, 2.75) is 13.3 Å². The zero-order valence-electron chi connectivity index (χ0n) is 14.6. The smallest absolute Gasteiger partial charge is 0.273 e. The number of oxime groups is 1. The molecule has 0 unspecified atom stereocenters. The average Bonchev–Trinajstić information content (AvgIpc) is 2.68. The molecule has 0 aliphatic carbocycles. The highest BCUT2D eigenvalue weighted by Crippen LogP contribution is 2.15. The number of para-hydroxylation sites is 2. The molecular weight excluding hydrogens is 348 g/mol. The van der Waals surface area contributed by atoms with Gasteiger partial charge in [0.2, 0.25) is 0 Å². The van der Waals surface area contributed by atoms with Gasteiger partial charge in [-0.1, -0.05) is 17.3 Å². The van der Waals surface area contributed by atoms with Gasteiger partial charge in [-0.25, -0.2) is 4.98 Å². The van der Waals surface area contributed by atoms with Crippen LogP contribution in [0.25, 0.3) is 11.0 Å². The Morgan fingerprint density at radius 1 is 1.22 bits per heavy atom. The van der Waals surface area contributed by atoms with Crippen LogP contribution in [0, 0.1) is 0 Å². The van der Waals surface area contributed by atoms with Gasteiger partial charge < -0.3 is 20.2 Å². The van der Waals surface area contributed by atoms with Crippen LogP contribution >= 0.6 is 0 Å². The monoisotopic (exact) mass is 366 g/mol. The fourth-order valence-corrected chi connectivity index (χ4v) is 2.51. The summed E-state index contributed by atoms with van der Waals surface area (Å²) in [5.41, 5.74) is 1.10. The molecule has 27 heavy (non-hydrogen) atoms. The van der Waals surface area contributed by atoms with Crippen LogP contribution in [0.5, 0.6) is 5.75 Å². The highest BCUT2D eigenvalue weighted by molar-refractivity contribution is 6.43. The lowest BCUT2D eigenvalue weighted by Crippen LogP contribution is -2.28. The van der Waals surface area contributed by atoms with E-state index < -0.39 is 11.5 Å². The van der Waals surface area contributed by atoms with Crippen LogP contribution in [-0.2, 0) is 11.2 Å². The molecule has 1 amide bonds. The van der Waals surface area contributed by atoms with Crippen molar-refractivity contribution in [1.82, 2.24) is 9.97 Å². The Kier molecular flexibility index (Phi) is 5.46. The Hall–Kier alpha value is -3.68. The summed E-state index contributed by atoms with van der Waals surface area (Å²) in [6.07, 6.45) is -0.209. The molecule has 0 aliphatic rings. The van der Waals surface area contributed by atoms with Crippen LogP contribution in [0.4, 0.5) is 5.69 Å². The summed E-state index contributed by atoms with van der Waals surface area (Å²) in [4.78, 5) is 31.5. The first kappa shape index (κ1) is 18.1. The topological polar surface area (TPSA) is 117 Å². The van der Waals surface area contributed by atoms with Crippen molar-refractivity contribution in [3.05, 3.63) is 64.6 Å². The molecule has 1 heterocycles. The van der Waals surface area contributed by atoms with E-state index in [2.05, 4.69) is 20.4 Å². The van der Waals surface area contributed by atoms with E-state index in [1.807, 2.05) is 6.92 Å². The second-order valence-corrected chi connectivity index (χ2v) is 5.66. The fraction of sp³-hybridized carbons (Fsp3) is 0.158. The number of aromatic amines is 1. The quantitative estimate of drug-likeness (QED) is 0.352. The molecule has 3 N–H and O–H groups in total. The van der Waals surface area contributed by atoms with Gasteiger partial charge in [-0.15, -0.1) is 0 Å². The number of rotatable bonds is 6. The van der Waals surface area contributed by atoms with Crippen molar-refractivity contribution >= 4 is 28.3 Å². The third-order valence-electron chi connectivity index (χ3n) is 3.81. The minimum atomic E-state index is -0.629. The normalized spacial score (nSPS) is 11.4. The first-order valence-corrected chi connectivity index (χ1v) is 8.33. The van der Waals surface area contributed by atoms with Crippen molar-refractivity contribution in [2.24, 2.45) is 5.16 Å². The van der Waals surface area contributed by atoms with E-state index >= 15 is 0 Å². The lowest BCUT2D eigenvalue weighted by molar-refractivity contribution is -0.110. The maximum atomic E-state index is 12.4. The van der Waals surface area contributed by atoms with Crippen LogP contribution in [0.15, 0.2) is 58.5 Å². The van der Waals surface area contributed by atoms with Crippen molar-refractivity contribution < 1.29 is 14.7 Å². The van der Waals surface area contributed by atoms with Gasteiger partial charge in [-0.05, 0) is 43.3 Å². The number of carbonyl (C=O) groups excluding carboxylic acids is 1. The third kappa shape index (κ3) is 4.30. The summed E-state index contributed by atoms with van der Waals surface area (Å²) in [5.74, 6) is 0.0504. The van der Waals surface area contributed by atoms with Crippen LogP contribution in [0.2, 0.25) is 0 Å². The predicted molar refractivity (Wildman–Crippen MR) is 102 cm³/mol. The number of nitrogens with zero attached hydrogens (tertiary/aromatic N) is 2. The Labute approximate surface area is 154 Å². The average molecular weight is 366 g/mol. The zero-order chi connectivity index (χ0) is 19.2. The molecule has 0 spiro atoms. The fourth-order valence-electron chi connectivity index (χ4n) is 2.51. The molecule has 0 bridgehead atoms. The number of benzene rings is 2. The Morgan fingerprint density at radius 2 is 1.96 bits per heavy atom. The van der Waals surface area contributed by atoms with Crippen LogP contribution in [0.1, 0.15) is 12.6 Å². The van der Waals surface area contributed by atoms with E-state index in [1.54, 1.807) is 48.5 Å². The van der Waals surface area contributed by atoms with Gasteiger partial charge >= 0.3 is 0 Å². The number of ether oxygens (including phenoxy) is 1. The summed E-state index contributed by atoms with van der Waals surface area (Å²) in [6, 6.07) is 13.8. The molecular formula is C19H18N4O4. The third-order valence-corrected chi connectivity index (χ3v) is 3.81. The molecule has 0 saturated carbocycles. The minimum Gasteiger partial charge on any atom is -0.494 e. The number of hydrogen-bond acceptors (Lipinski definition) is 6. The van der Waals surface area contributed by atoms with Gasteiger partial charge in [-0.2, -0.15) is 0 Å². The molecule has 138 valence electrons. The molecule has 0 aliphatic heterocycles. The number of hydrogen-bond donors (Lipinski definition) is 3. The summed E-state index contributed by atoms with van der Waals surface area (Å²) >= 11 is 0. The molecule has 0 radical (unpaired) electrons. The number of carbonyl (C=O) groups is 1. The van der Waals surface area contributed by atoms with E-state index in [9.17, 15) is 14.8 Å². The number of amides is 1. The summed E-state index contributed by atoms with van der Waals surface area (Å²) in [5, 5.41) is 14.9.